The third-order valence-corrected chi connectivity index (χ3v) is 11.7. The zero-order chi connectivity index (χ0) is 44.4. The van der Waals surface area contributed by atoms with Crippen molar-refractivity contribution in [3.05, 3.63) is 78.9 Å². The van der Waals surface area contributed by atoms with Gasteiger partial charge in [0.15, 0.2) is 22.2 Å². The fraction of sp³-hybridized carbons (Fsp3) is 0.0690. The molecule has 0 saturated heterocycles. The summed E-state index contributed by atoms with van der Waals surface area (Å²) in [5.74, 6) is -1.20. The summed E-state index contributed by atoms with van der Waals surface area (Å²) < 4.78 is 124. The molecule has 1 aromatic heterocycles. The average molecular weight is 1040 g/mol. The van der Waals surface area contributed by atoms with E-state index in [0.717, 1.165) is 12.1 Å². The van der Waals surface area contributed by atoms with Gasteiger partial charge in [0.2, 0.25) is 11.9 Å². The van der Waals surface area contributed by atoms with Crippen LogP contribution >= 0.6 is 24.4 Å². The van der Waals surface area contributed by atoms with Crippen LogP contribution < -0.4 is 151 Å². The van der Waals surface area contributed by atoms with Crippen molar-refractivity contribution in [3.63, 3.8) is 0 Å². The van der Waals surface area contributed by atoms with E-state index in [1.165, 1.54) is 54.6 Å². The maximum absolute atomic E-state index is 14.6. The molecular formula is C29H22FN11Na4O15S5. The standard InChI is InChI=1S/C29H26FN11O15S5.4Na/c30-27-35-28(33-15-5-8-17(9-6-15)59(44,45)12-11-52-58-56-54-43)37-29(36-27)34-16-7-10-21(57-55-53-42)19(13-16)39-41-26-24(31)20(14-23(25(26)32)61(49,50)51)40-38-18-3-1-2-4-22(18)60(46,47)48;;;;/h1-10,13-14,42-43H,11-12,31-32H2,(H,46,47,48)(H,49,50,51)(H2,33,34,35,36,37);;;;/q;4*+1/p-4. The second-order valence-electron chi connectivity index (χ2n) is 11.1. The Morgan fingerprint density at radius 2 is 1.23 bits per heavy atom. The van der Waals surface area contributed by atoms with Gasteiger partial charge in [-0.2, -0.15) is 23.7 Å². The van der Waals surface area contributed by atoms with Crippen LogP contribution in [0.4, 0.5) is 61.8 Å². The van der Waals surface area contributed by atoms with Crippen LogP contribution in [0.3, 0.4) is 0 Å². The maximum Gasteiger partial charge on any atom is 1.00 e. The summed E-state index contributed by atoms with van der Waals surface area (Å²) in [5.41, 5.74) is 9.24. The summed E-state index contributed by atoms with van der Waals surface area (Å²) in [6, 6.07) is 14.2. The Kier molecular flexibility index (Phi) is 26.6. The third-order valence-electron chi connectivity index (χ3n) is 7.23. The quantitative estimate of drug-likeness (QED) is 0.00822. The monoisotopic (exact) mass is 1030 g/mol. The normalized spacial score (nSPS) is 11.6. The van der Waals surface area contributed by atoms with Gasteiger partial charge < -0.3 is 41.7 Å². The fourth-order valence-electron chi connectivity index (χ4n) is 4.61. The molecule has 26 nitrogen and oxygen atoms in total. The number of azo groups is 2. The molecule has 36 heteroatoms. The molecule has 0 bridgehead atoms. The van der Waals surface area contributed by atoms with Crippen molar-refractivity contribution in [1.29, 1.82) is 0 Å². The minimum absolute atomic E-state index is 0. The summed E-state index contributed by atoms with van der Waals surface area (Å²) in [6.45, 7) is -0.342. The molecule has 65 heavy (non-hydrogen) atoms. The van der Waals surface area contributed by atoms with Crippen molar-refractivity contribution in [3.8, 4) is 0 Å². The van der Waals surface area contributed by atoms with Gasteiger partial charge in [-0.3, -0.25) is 14.3 Å². The van der Waals surface area contributed by atoms with Gasteiger partial charge in [-0.25, -0.2) is 25.3 Å². The molecule has 0 aliphatic carbocycles. The molecular weight excluding hydrogens is 1010 g/mol. The average Bonchev–Trinajstić information content (AvgIpc) is 3.19. The molecule has 0 aliphatic rings. The number of nitrogen functional groups attached to an aromatic ring is 2. The summed E-state index contributed by atoms with van der Waals surface area (Å²) in [5, 5.41) is 47.5. The number of hydrogen-bond acceptors (Lipinski definition) is 28. The van der Waals surface area contributed by atoms with Crippen molar-refractivity contribution in [2.24, 2.45) is 20.5 Å². The first kappa shape index (κ1) is 61.4. The number of nitrogens with zero attached hydrogens (tertiary/aromatic N) is 7. The Balaban J connectivity index is 0.00000528. The summed E-state index contributed by atoms with van der Waals surface area (Å²) >= 11 is 0.484. The summed E-state index contributed by atoms with van der Waals surface area (Å²) in [4.78, 5) is 9.28. The van der Waals surface area contributed by atoms with Crippen LogP contribution in [-0.4, -0.2) is 61.7 Å². The van der Waals surface area contributed by atoms with Crippen molar-refractivity contribution >= 4 is 112 Å². The first-order valence-corrected chi connectivity index (χ1v) is 21.6. The number of rotatable bonds is 20. The van der Waals surface area contributed by atoms with Crippen LogP contribution in [0.1, 0.15) is 0 Å². The number of halogens is 1. The molecule has 324 valence electrons. The summed E-state index contributed by atoms with van der Waals surface area (Å²) in [7, 11) is -14.2. The second kappa shape index (κ2) is 28.2. The van der Waals surface area contributed by atoms with Gasteiger partial charge in [0.05, 0.1) is 55.4 Å². The topological polar surface area (TPSA) is 405 Å². The van der Waals surface area contributed by atoms with E-state index in [0.29, 0.717) is 18.1 Å². The minimum atomic E-state index is -5.36. The number of nitrogens with two attached hydrogens (primary N) is 2. The van der Waals surface area contributed by atoms with Gasteiger partial charge >= 0.3 is 124 Å². The Labute approximate surface area is 464 Å². The molecule has 0 unspecified atom stereocenters. The first-order valence-electron chi connectivity index (χ1n) is 15.8. The Hall–Kier alpha value is -1.59. The van der Waals surface area contributed by atoms with E-state index in [2.05, 4.69) is 64.8 Å². The van der Waals surface area contributed by atoms with Crippen LogP contribution in [0.15, 0.2) is 113 Å². The molecule has 1 heterocycles. The molecule has 0 radical (unpaired) electrons. The fourth-order valence-corrected chi connectivity index (χ4v) is 7.66. The van der Waals surface area contributed by atoms with Gasteiger partial charge in [-0.15, -0.1) is 24.8 Å². The molecule has 0 atom stereocenters. The van der Waals surface area contributed by atoms with Gasteiger partial charge in [-0.1, -0.05) is 12.1 Å². The summed E-state index contributed by atoms with van der Waals surface area (Å²) in [6.07, 6.45) is -1.26. The van der Waals surface area contributed by atoms with E-state index in [-0.39, 0.29) is 176 Å². The van der Waals surface area contributed by atoms with E-state index >= 15 is 0 Å². The van der Waals surface area contributed by atoms with E-state index < -0.39 is 80.1 Å². The first-order chi connectivity index (χ1) is 28.9. The zero-order valence-electron chi connectivity index (χ0n) is 33.7. The third kappa shape index (κ3) is 18.0. The van der Waals surface area contributed by atoms with Crippen molar-refractivity contribution in [1.82, 2.24) is 15.0 Å². The molecule has 0 saturated carbocycles. The number of aromatic nitrogens is 3. The molecule has 0 aliphatic heterocycles. The number of hydrogen-bond donors (Lipinski definition) is 4. The van der Waals surface area contributed by atoms with Gasteiger partial charge in [0.25, 0.3) is 0 Å². The van der Waals surface area contributed by atoms with Gasteiger partial charge in [0, 0.05) is 11.4 Å². The molecule has 4 aromatic carbocycles. The Morgan fingerprint density at radius 1 is 0.662 bits per heavy atom. The second-order valence-corrected chi connectivity index (χ2v) is 17.2. The van der Waals surface area contributed by atoms with Crippen molar-refractivity contribution < 1.29 is 190 Å². The predicted octanol–water partition coefficient (Wildman–Crippen LogP) is -8.88. The van der Waals surface area contributed by atoms with E-state index in [4.69, 9.17) is 15.7 Å². The van der Waals surface area contributed by atoms with Gasteiger partial charge in [0.1, 0.15) is 43.0 Å². The largest absolute Gasteiger partial charge is 1.00 e. The molecule has 5 rings (SSSR count). The number of sulfone groups is 1. The number of nitrogens with one attached hydrogen (secondary N) is 2. The molecule has 0 amide bonds. The SMILES string of the molecule is Nc1c(N=Nc2ccccc2S(=O)(=O)[O-])cc(S(=O)(=O)[O-])c(N)c1N=Nc1cc(Nc2nc(F)nc(Nc3ccc(S(=O)(=O)CCOSOO[O-])cc3)n2)ccc1SOO[O-].[Na+].[Na+].[Na+].[Na+]. The van der Waals surface area contributed by atoms with E-state index in [1.54, 1.807) is 0 Å². The van der Waals surface area contributed by atoms with Gasteiger partial charge in [-0.05, 0) is 60.7 Å². The van der Waals surface area contributed by atoms with Crippen molar-refractivity contribution in [2.45, 2.75) is 19.6 Å². The maximum atomic E-state index is 14.6. The Morgan fingerprint density at radius 3 is 1.85 bits per heavy atom. The zero-order valence-corrected chi connectivity index (χ0v) is 45.8. The molecule has 5 aromatic rings. The predicted molar refractivity (Wildman–Crippen MR) is 201 cm³/mol. The molecule has 0 fully saturated rings. The van der Waals surface area contributed by atoms with E-state index in [9.17, 15) is 49.3 Å². The minimum Gasteiger partial charge on any atom is -0.744 e. The number of anilines is 6. The molecule has 6 N–H and O–H groups in total. The van der Waals surface area contributed by atoms with Crippen LogP contribution in [0, 0.1) is 6.08 Å². The van der Waals surface area contributed by atoms with Crippen LogP contribution in [0.5, 0.6) is 0 Å². The Bertz CT molecular complexity index is 2810. The van der Waals surface area contributed by atoms with E-state index in [1.807, 2.05) is 0 Å². The van der Waals surface area contributed by atoms with Crippen LogP contribution in [-0.2, 0) is 53.0 Å². The van der Waals surface area contributed by atoms with Crippen molar-refractivity contribution in [2.75, 3.05) is 34.5 Å². The van der Waals surface area contributed by atoms with Crippen LogP contribution in [0.2, 0.25) is 0 Å². The number of benzene rings is 4. The van der Waals surface area contributed by atoms with Crippen LogP contribution in [0.25, 0.3) is 0 Å². The molecule has 0 spiro atoms. The smallest absolute Gasteiger partial charge is 0.744 e.